The summed E-state index contributed by atoms with van der Waals surface area (Å²) in [5.41, 5.74) is 15.5. The van der Waals surface area contributed by atoms with Crippen molar-refractivity contribution in [3.63, 3.8) is 0 Å². The van der Waals surface area contributed by atoms with Gasteiger partial charge in [-0.1, -0.05) is 96.0 Å². The Morgan fingerprint density at radius 2 is 1.21 bits per heavy atom. The van der Waals surface area contributed by atoms with Gasteiger partial charge in [-0.05, 0) is 99.4 Å². The summed E-state index contributed by atoms with van der Waals surface area (Å²) >= 11 is 3.81. The lowest BCUT2D eigenvalue weighted by atomic mass is 9.64. The summed E-state index contributed by atoms with van der Waals surface area (Å²) in [5.74, 6) is 1.29. The molecule has 0 spiro atoms. The smallest absolute Gasteiger partial charge is 0.0587 e. The van der Waals surface area contributed by atoms with E-state index in [0.717, 1.165) is 4.47 Å². The second-order valence-electron chi connectivity index (χ2n) is 10.5. The monoisotopic (exact) mass is 490 g/mol. The molecule has 7 rings (SSSR count). The van der Waals surface area contributed by atoms with E-state index >= 15 is 0 Å². The van der Waals surface area contributed by atoms with Crippen LogP contribution in [0, 0.1) is 6.92 Å². The predicted molar refractivity (Wildman–Crippen MR) is 140 cm³/mol. The Hall–Kier alpha value is -2.64. The van der Waals surface area contributed by atoms with E-state index in [2.05, 4.69) is 109 Å². The van der Waals surface area contributed by atoms with Crippen molar-refractivity contribution in [2.75, 3.05) is 0 Å². The molecule has 0 saturated heterocycles. The van der Waals surface area contributed by atoms with Crippen molar-refractivity contribution in [3.05, 3.63) is 127 Å². The van der Waals surface area contributed by atoms with Gasteiger partial charge in [0.05, 0.1) is 5.41 Å². The van der Waals surface area contributed by atoms with Crippen LogP contribution in [0.5, 0.6) is 0 Å². The average Bonchev–Trinajstić information content (AvgIpc) is 3.07. The van der Waals surface area contributed by atoms with Crippen LogP contribution in [0.25, 0.3) is 11.1 Å². The summed E-state index contributed by atoms with van der Waals surface area (Å²) < 4.78 is 1.14. The number of fused-ring (bicyclic) bond motifs is 5. The van der Waals surface area contributed by atoms with Crippen molar-refractivity contribution in [3.8, 4) is 11.1 Å². The predicted octanol–water partition coefficient (Wildman–Crippen LogP) is 8.44. The summed E-state index contributed by atoms with van der Waals surface area (Å²) in [6, 6.07) is 28.6. The van der Waals surface area contributed by atoms with Crippen molar-refractivity contribution >= 4 is 15.9 Å². The fourth-order valence-electron chi connectivity index (χ4n) is 6.76. The van der Waals surface area contributed by atoms with Crippen LogP contribution in [-0.4, -0.2) is 0 Å². The molecular weight excluding hydrogens is 464 g/mol. The largest absolute Gasteiger partial charge is 0.0714 e. The minimum absolute atomic E-state index is 0.296. The van der Waals surface area contributed by atoms with Gasteiger partial charge < -0.3 is 0 Å². The lowest BCUT2D eigenvalue weighted by Crippen LogP contribution is -2.31. The van der Waals surface area contributed by atoms with Crippen LogP contribution in [0.1, 0.15) is 75.8 Å². The van der Waals surface area contributed by atoms with Gasteiger partial charge in [0.25, 0.3) is 0 Å². The molecule has 0 nitrogen and oxygen atoms in total. The zero-order chi connectivity index (χ0) is 22.5. The van der Waals surface area contributed by atoms with E-state index in [4.69, 9.17) is 0 Å². The van der Waals surface area contributed by atoms with Crippen LogP contribution < -0.4 is 0 Å². The number of rotatable bonds is 2. The van der Waals surface area contributed by atoms with E-state index in [1.54, 1.807) is 0 Å². The highest BCUT2D eigenvalue weighted by Gasteiger charge is 2.47. The van der Waals surface area contributed by atoms with Gasteiger partial charge in [-0.25, -0.2) is 0 Å². The maximum Gasteiger partial charge on any atom is 0.0714 e. The van der Waals surface area contributed by atoms with Crippen LogP contribution in [0.3, 0.4) is 0 Å². The topological polar surface area (TPSA) is 0 Å². The Bertz CT molecular complexity index is 1360. The van der Waals surface area contributed by atoms with Crippen molar-refractivity contribution in [1.29, 1.82) is 0 Å². The summed E-state index contributed by atoms with van der Waals surface area (Å²) in [7, 11) is 0. The van der Waals surface area contributed by atoms with Gasteiger partial charge in [-0.2, -0.15) is 0 Å². The molecule has 4 aromatic rings. The van der Waals surface area contributed by atoms with Gasteiger partial charge >= 0.3 is 0 Å². The molecule has 0 N–H and O–H groups in total. The van der Waals surface area contributed by atoms with Gasteiger partial charge in [-0.15, -0.1) is 0 Å². The van der Waals surface area contributed by atoms with E-state index in [0.29, 0.717) is 11.8 Å². The molecule has 4 aromatic carbocycles. The minimum Gasteiger partial charge on any atom is -0.0587 e. The lowest BCUT2D eigenvalue weighted by molar-refractivity contribution is 0.649. The third-order valence-electron chi connectivity index (χ3n) is 8.53. The van der Waals surface area contributed by atoms with Gasteiger partial charge in [0, 0.05) is 4.47 Å². The van der Waals surface area contributed by atoms with Crippen LogP contribution in [0.2, 0.25) is 0 Å². The molecule has 3 aliphatic carbocycles. The van der Waals surface area contributed by atoms with Crippen molar-refractivity contribution in [2.24, 2.45) is 0 Å². The van der Waals surface area contributed by atoms with Crippen LogP contribution in [-0.2, 0) is 18.3 Å². The van der Waals surface area contributed by atoms with E-state index in [1.165, 1.54) is 74.0 Å². The third-order valence-corrected chi connectivity index (χ3v) is 9.02. The first-order valence-corrected chi connectivity index (χ1v) is 12.9. The van der Waals surface area contributed by atoms with Gasteiger partial charge in [0.15, 0.2) is 0 Å². The number of hydrogen-bond acceptors (Lipinski definition) is 0. The fraction of sp³-hybridized carbons (Fsp3) is 0.250. The molecule has 2 unspecified atom stereocenters. The van der Waals surface area contributed by atoms with Crippen molar-refractivity contribution in [1.82, 2.24) is 0 Å². The van der Waals surface area contributed by atoms with Crippen molar-refractivity contribution in [2.45, 2.75) is 50.9 Å². The summed E-state index contributed by atoms with van der Waals surface area (Å²) in [5, 5.41) is 0. The summed E-state index contributed by atoms with van der Waals surface area (Å²) in [6.07, 6.45) is 2.41. The number of halogens is 1. The van der Waals surface area contributed by atoms with E-state index in [-0.39, 0.29) is 5.41 Å². The van der Waals surface area contributed by atoms with Gasteiger partial charge in [0.1, 0.15) is 0 Å². The normalized spacial score (nSPS) is 23.6. The molecule has 0 saturated carbocycles. The van der Waals surface area contributed by atoms with Crippen LogP contribution >= 0.6 is 15.9 Å². The molecule has 0 heterocycles. The fourth-order valence-corrected chi connectivity index (χ4v) is 7.12. The van der Waals surface area contributed by atoms with Gasteiger partial charge in [-0.3, -0.25) is 0 Å². The Morgan fingerprint density at radius 1 is 0.667 bits per heavy atom. The molecule has 0 amide bonds. The Morgan fingerprint density at radius 3 is 1.79 bits per heavy atom. The zero-order valence-corrected chi connectivity index (χ0v) is 21.0. The first-order valence-electron chi connectivity index (χ1n) is 12.1. The zero-order valence-electron chi connectivity index (χ0n) is 19.4. The maximum atomic E-state index is 3.81. The Balaban J connectivity index is 1.63. The molecule has 0 aromatic heterocycles. The second-order valence-corrected chi connectivity index (χ2v) is 11.4. The number of hydrogen-bond donors (Lipinski definition) is 0. The molecule has 33 heavy (non-hydrogen) atoms. The lowest BCUT2D eigenvalue weighted by Gasteiger charge is -2.38. The molecule has 2 atom stereocenters. The summed E-state index contributed by atoms with van der Waals surface area (Å²) in [4.78, 5) is 0. The maximum absolute atomic E-state index is 3.81. The van der Waals surface area contributed by atoms with E-state index in [9.17, 15) is 0 Å². The Kier molecular flexibility index (Phi) is 4.02. The molecule has 3 aliphatic rings. The highest BCUT2D eigenvalue weighted by molar-refractivity contribution is 9.10. The molecule has 0 aliphatic heterocycles. The minimum atomic E-state index is -0.296. The number of aryl methyl sites for hydroxylation is 1. The highest BCUT2D eigenvalue weighted by Crippen LogP contribution is 2.58. The molecule has 162 valence electrons. The molecule has 0 fully saturated rings. The van der Waals surface area contributed by atoms with Crippen LogP contribution in [0.15, 0.2) is 77.3 Å². The molecule has 1 heteroatoms. The third kappa shape index (κ3) is 2.52. The SMILES string of the molecule is Cc1ccc2c(c1)C(c1ccc3c(c1)C(C)C3)(c1ccc3c(c1)C(C)C3)c1cc(Br)ccc1-2. The average molecular weight is 491 g/mol. The molecule has 0 radical (unpaired) electrons. The quantitative estimate of drug-likeness (QED) is 0.232. The molecule has 0 bridgehead atoms. The summed E-state index contributed by atoms with van der Waals surface area (Å²) in [6.45, 7) is 6.95. The van der Waals surface area contributed by atoms with Gasteiger partial charge in [0.2, 0.25) is 0 Å². The van der Waals surface area contributed by atoms with Crippen LogP contribution in [0.4, 0.5) is 0 Å². The first kappa shape index (κ1) is 19.8. The van der Waals surface area contributed by atoms with Crippen molar-refractivity contribution < 1.29 is 0 Å². The standard InChI is InChI=1S/C32H27Br/c1-18-4-10-26-27-11-9-25(33)17-31(27)32(30(26)12-18,23-7-5-21-13-19(2)28(21)15-23)24-8-6-22-14-20(3)29(22)16-24/h4-12,15-17,19-20H,13-14H2,1-3H3. The van der Waals surface area contributed by atoms with E-state index < -0.39 is 0 Å². The first-order chi connectivity index (χ1) is 16.0. The Labute approximate surface area is 204 Å². The second kappa shape index (κ2) is 6.70. The van der Waals surface area contributed by atoms with E-state index in [1.807, 2.05) is 0 Å². The highest BCUT2D eigenvalue weighted by atomic mass is 79.9. The molecular formula is C32H27Br. The number of benzene rings is 4.